The van der Waals surface area contributed by atoms with Crippen LogP contribution in [0.2, 0.25) is 0 Å². The first-order valence-electron chi connectivity index (χ1n) is 8.49. The van der Waals surface area contributed by atoms with Crippen LogP contribution in [0.4, 0.5) is 30.7 Å². The average molecular weight is 431 g/mol. The standard InChI is InChI=1S/C18H12F7N5/c1-16(19,20)12-3-2-10-8-29(28-13(10)5-12)15-4-11-6-27-30(14(11)7-26-15)9-17(21,22)18(23,24)25/h2-8H,9H2,1H3. The van der Waals surface area contributed by atoms with Crippen molar-refractivity contribution < 1.29 is 30.7 Å². The second-order valence-electron chi connectivity index (χ2n) is 6.84. The van der Waals surface area contributed by atoms with Crippen LogP contribution in [0.3, 0.4) is 0 Å². The Hall–Kier alpha value is -3.18. The molecule has 1 aromatic carbocycles. The summed E-state index contributed by atoms with van der Waals surface area (Å²) < 4.78 is 92.8. The fourth-order valence-electron chi connectivity index (χ4n) is 2.90. The molecular weight excluding hydrogens is 419 g/mol. The number of nitrogens with zero attached hydrogens (tertiary/aromatic N) is 5. The summed E-state index contributed by atoms with van der Waals surface area (Å²) in [5, 5.41) is 8.60. The van der Waals surface area contributed by atoms with Gasteiger partial charge in [-0.05, 0) is 12.1 Å². The number of rotatable bonds is 4. The third kappa shape index (κ3) is 3.46. The van der Waals surface area contributed by atoms with Gasteiger partial charge in [0.2, 0.25) is 0 Å². The van der Waals surface area contributed by atoms with Gasteiger partial charge in [0.1, 0.15) is 6.54 Å². The van der Waals surface area contributed by atoms with Crippen molar-refractivity contribution >= 4 is 21.8 Å². The molecule has 0 aliphatic carbocycles. The third-order valence-corrected chi connectivity index (χ3v) is 4.53. The van der Waals surface area contributed by atoms with E-state index in [0.717, 1.165) is 19.3 Å². The number of pyridine rings is 1. The van der Waals surface area contributed by atoms with Crippen molar-refractivity contribution in [2.45, 2.75) is 31.5 Å². The highest BCUT2D eigenvalue weighted by atomic mass is 19.4. The summed E-state index contributed by atoms with van der Waals surface area (Å²) in [6.45, 7) is -0.915. The van der Waals surface area contributed by atoms with E-state index in [9.17, 15) is 30.7 Å². The highest BCUT2D eigenvalue weighted by Gasteiger charge is 2.57. The Morgan fingerprint density at radius 2 is 1.67 bits per heavy atom. The van der Waals surface area contributed by atoms with E-state index < -0.39 is 24.6 Å². The second kappa shape index (κ2) is 6.41. The van der Waals surface area contributed by atoms with Gasteiger partial charge in [-0.3, -0.25) is 4.68 Å². The van der Waals surface area contributed by atoms with Gasteiger partial charge in [-0.2, -0.15) is 32.1 Å². The SMILES string of the molecule is CC(F)(F)c1ccc2cn(-c3cc4cnn(CC(F)(F)C(F)(F)F)c4cn3)nc2c1. The molecule has 12 heteroatoms. The van der Waals surface area contributed by atoms with Crippen LogP contribution in [0.15, 0.2) is 42.9 Å². The molecule has 158 valence electrons. The van der Waals surface area contributed by atoms with Crippen molar-refractivity contribution in [2.24, 2.45) is 0 Å². The molecule has 0 amide bonds. The van der Waals surface area contributed by atoms with E-state index in [0.29, 0.717) is 10.1 Å². The smallest absolute Gasteiger partial charge is 0.257 e. The molecule has 0 unspecified atom stereocenters. The lowest BCUT2D eigenvalue weighted by Gasteiger charge is -2.19. The number of alkyl halides is 7. The lowest BCUT2D eigenvalue weighted by molar-refractivity contribution is -0.287. The minimum atomic E-state index is -5.71. The number of hydrogen-bond donors (Lipinski definition) is 0. The Bertz CT molecular complexity index is 1230. The monoisotopic (exact) mass is 431 g/mol. The van der Waals surface area contributed by atoms with Gasteiger partial charge in [0.05, 0.1) is 23.4 Å². The van der Waals surface area contributed by atoms with E-state index in [1.165, 1.54) is 35.1 Å². The van der Waals surface area contributed by atoms with E-state index in [1.807, 2.05) is 0 Å². The van der Waals surface area contributed by atoms with Crippen LogP contribution in [0.5, 0.6) is 0 Å². The van der Waals surface area contributed by atoms with E-state index in [1.54, 1.807) is 0 Å². The number of hydrogen-bond acceptors (Lipinski definition) is 3. The zero-order chi connectivity index (χ0) is 21.9. The van der Waals surface area contributed by atoms with Crippen molar-refractivity contribution in [1.29, 1.82) is 0 Å². The van der Waals surface area contributed by atoms with Crippen molar-refractivity contribution in [3.8, 4) is 5.82 Å². The summed E-state index contributed by atoms with van der Waals surface area (Å²) in [5.41, 5.74) is 0.0549. The molecule has 0 spiro atoms. The Labute approximate surface area is 163 Å². The molecule has 4 aromatic rings. The molecular formula is C18H12F7N5. The van der Waals surface area contributed by atoms with Crippen LogP contribution in [0.1, 0.15) is 12.5 Å². The highest BCUT2D eigenvalue weighted by molar-refractivity contribution is 5.81. The predicted octanol–water partition coefficient (Wildman–Crippen LogP) is 5.08. The van der Waals surface area contributed by atoms with Crippen LogP contribution in [0, 0.1) is 0 Å². The molecule has 0 fully saturated rings. The molecule has 4 rings (SSSR count). The van der Waals surface area contributed by atoms with E-state index in [2.05, 4.69) is 15.2 Å². The van der Waals surface area contributed by atoms with Gasteiger partial charge in [0.25, 0.3) is 5.92 Å². The van der Waals surface area contributed by atoms with Crippen LogP contribution < -0.4 is 0 Å². The molecule has 0 saturated heterocycles. The fraction of sp³-hybridized carbons (Fsp3) is 0.278. The van der Waals surface area contributed by atoms with Crippen LogP contribution in [-0.4, -0.2) is 36.6 Å². The van der Waals surface area contributed by atoms with Gasteiger partial charge in [-0.1, -0.05) is 12.1 Å². The quantitative estimate of drug-likeness (QED) is 0.424. The molecule has 0 aliphatic heterocycles. The molecule has 0 bridgehead atoms. The summed E-state index contributed by atoms with van der Waals surface area (Å²) in [6.07, 6.45) is -1.95. The van der Waals surface area contributed by atoms with Crippen LogP contribution in [-0.2, 0) is 12.5 Å². The molecule has 0 radical (unpaired) electrons. The highest BCUT2D eigenvalue weighted by Crippen LogP contribution is 2.37. The largest absolute Gasteiger partial charge is 0.455 e. The van der Waals surface area contributed by atoms with E-state index >= 15 is 0 Å². The minimum Gasteiger partial charge on any atom is -0.257 e. The maximum atomic E-state index is 13.5. The zero-order valence-electron chi connectivity index (χ0n) is 15.1. The topological polar surface area (TPSA) is 48.5 Å². The van der Waals surface area contributed by atoms with Crippen LogP contribution in [0.25, 0.3) is 27.6 Å². The van der Waals surface area contributed by atoms with Crippen LogP contribution >= 0.6 is 0 Å². The number of halogens is 7. The van der Waals surface area contributed by atoms with Crippen molar-refractivity contribution in [2.75, 3.05) is 0 Å². The molecule has 0 saturated carbocycles. The lowest BCUT2D eigenvalue weighted by Crippen LogP contribution is -2.40. The molecule has 5 nitrogen and oxygen atoms in total. The van der Waals surface area contributed by atoms with Crippen molar-refractivity contribution in [3.63, 3.8) is 0 Å². The third-order valence-electron chi connectivity index (χ3n) is 4.53. The molecule has 0 aliphatic rings. The summed E-state index contributed by atoms with van der Waals surface area (Å²) >= 11 is 0. The summed E-state index contributed by atoms with van der Waals surface area (Å²) in [7, 11) is 0. The number of benzene rings is 1. The van der Waals surface area contributed by atoms with Crippen molar-refractivity contribution in [1.82, 2.24) is 24.5 Å². The summed E-state index contributed by atoms with van der Waals surface area (Å²) in [4.78, 5) is 4.03. The van der Waals surface area contributed by atoms with Crippen molar-refractivity contribution in [3.05, 3.63) is 48.4 Å². The molecule has 0 atom stereocenters. The Morgan fingerprint density at radius 3 is 2.33 bits per heavy atom. The van der Waals surface area contributed by atoms with Gasteiger partial charge in [0, 0.05) is 29.5 Å². The fourth-order valence-corrected chi connectivity index (χ4v) is 2.90. The molecule has 3 heterocycles. The first-order valence-corrected chi connectivity index (χ1v) is 8.49. The number of fused-ring (bicyclic) bond motifs is 2. The molecule has 30 heavy (non-hydrogen) atoms. The Kier molecular flexibility index (Phi) is 4.30. The van der Waals surface area contributed by atoms with Gasteiger partial charge >= 0.3 is 12.1 Å². The summed E-state index contributed by atoms with van der Waals surface area (Å²) in [6, 6.07) is 5.38. The first kappa shape index (κ1) is 20.1. The normalized spacial score (nSPS) is 13.5. The van der Waals surface area contributed by atoms with Gasteiger partial charge in [0.15, 0.2) is 5.82 Å². The van der Waals surface area contributed by atoms with Gasteiger partial charge < -0.3 is 0 Å². The first-order chi connectivity index (χ1) is 13.8. The predicted molar refractivity (Wildman–Crippen MR) is 92.7 cm³/mol. The Morgan fingerprint density at radius 1 is 0.933 bits per heavy atom. The van der Waals surface area contributed by atoms with Gasteiger partial charge in [-0.15, -0.1) is 0 Å². The minimum absolute atomic E-state index is 0.0210. The maximum Gasteiger partial charge on any atom is 0.455 e. The summed E-state index contributed by atoms with van der Waals surface area (Å²) in [5.74, 6) is -7.78. The number of aromatic nitrogens is 5. The van der Waals surface area contributed by atoms with E-state index in [4.69, 9.17) is 0 Å². The van der Waals surface area contributed by atoms with E-state index in [-0.39, 0.29) is 27.8 Å². The Balaban J connectivity index is 1.69. The molecule has 3 aromatic heterocycles. The molecule has 0 N–H and O–H groups in total. The zero-order valence-corrected chi connectivity index (χ0v) is 15.1. The average Bonchev–Trinajstić information content (AvgIpc) is 3.22. The van der Waals surface area contributed by atoms with Gasteiger partial charge in [-0.25, -0.2) is 18.4 Å². The maximum absolute atomic E-state index is 13.5. The second-order valence-corrected chi connectivity index (χ2v) is 6.84. The lowest BCUT2D eigenvalue weighted by atomic mass is 10.1.